The largest absolute Gasteiger partial charge is 0.466 e. The van der Waals surface area contributed by atoms with Crippen molar-refractivity contribution in [3.63, 3.8) is 0 Å². The molecule has 0 spiro atoms. The highest BCUT2D eigenvalue weighted by atomic mass is 16.6. The van der Waals surface area contributed by atoms with E-state index in [-0.39, 0.29) is 12.1 Å². The molecule has 0 aromatic carbocycles. The fourth-order valence-electron chi connectivity index (χ4n) is 2.50. The monoisotopic (exact) mass is 328 g/mol. The zero-order chi connectivity index (χ0) is 17.3. The molecule has 1 heterocycles. The van der Waals surface area contributed by atoms with E-state index in [9.17, 15) is 9.59 Å². The van der Waals surface area contributed by atoms with Crippen LogP contribution in [0.3, 0.4) is 0 Å². The first-order valence-electron chi connectivity index (χ1n) is 8.67. The molecule has 1 saturated heterocycles. The third-order valence-corrected chi connectivity index (χ3v) is 3.68. The van der Waals surface area contributed by atoms with Crippen molar-refractivity contribution in [1.82, 2.24) is 9.80 Å². The molecule has 0 unspecified atom stereocenters. The second-order valence-corrected chi connectivity index (χ2v) is 6.92. The van der Waals surface area contributed by atoms with Crippen LogP contribution < -0.4 is 0 Å². The van der Waals surface area contributed by atoms with Gasteiger partial charge in [0, 0.05) is 32.6 Å². The van der Waals surface area contributed by atoms with Crippen LogP contribution in [0.25, 0.3) is 0 Å². The van der Waals surface area contributed by atoms with Gasteiger partial charge in [-0.15, -0.1) is 0 Å². The molecule has 0 N–H and O–H groups in total. The highest BCUT2D eigenvalue weighted by molar-refractivity contribution is 5.69. The minimum Gasteiger partial charge on any atom is -0.466 e. The summed E-state index contributed by atoms with van der Waals surface area (Å²) in [7, 11) is 0. The number of ether oxygens (including phenoxy) is 2. The molecular weight excluding hydrogens is 296 g/mol. The van der Waals surface area contributed by atoms with E-state index in [1.807, 2.05) is 27.7 Å². The molecule has 0 radical (unpaired) electrons. The van der Waals surface area contributed by atoms with Crippen LogP contribution in [-0.2, 0) is 14.3 Å². The van der Waals surface area contributed by atoms with E-state index in [4.69, 9.17) is 9.47 Å². The Labute approximate surface area is 140 Å². The predicted molar refractivity (Wildman–Crippen MR) is 89.3 cm³/mol. The Morgan fingerprint density at radius 3 is 2.22 bits per heavy atom. The smallest absolute Gasteiger partial charge is 0.410 e. The summed E-state index contributed by atoms with van der Waals surface area (Å²) in [5.74, 6) is -0.0986. The van der Waals surface area contributed by atoms with E-state index in [0.717, 1.165) is 52.0 Å². The molecular formula is C17H32N2O4. The lowest BCUT2D eigenvalue weighted by molar-refractivity contribution is -0.143. The predicted octanol–water partition coefficient (Wildman–Crippen LogP) is 2.66. The van der Waals surface area contributed by atoms with Crippen molar-refractivity contribution in [2.24, 2.45) is 0 Å². The van der Waals surface area contributed by atoms with Crippen LogP contribution in [-0.4, -0.2) is 66.8 Å². The molecule has 0 aromatic rings. The Kier molecular flexibility index (Phi) is 8.37. The first-order chi connectivity index (χ1) is 10.8. The van der Waals surface area contributed by atoms with Crippen LogP contribution in [0.2, 0.25) is 0 Å². The molecule has 0 aromatic heterocycles. The van der Waals surface area contributed by atoms with Crippen LogP contribution in [0.1, 0.15) is 53.4 Å². The summed E-state index contributed by atoms with van der Waals surface area (Å²) < 4.78 is 10.3. The average molecular weight is 328 g/mol. The highest BCUT2D eigenvalue weighted by Crippen LogP contribution is 2.12. The van der Waals surface area contributed by atoms with Crippen LogP contribution in [0.5, 0.6) is 0 Å². The molecule has 0 atom stereocenters. The molecule has 1 aliphatic rings. The molecule has 1 rings (SSSR count). The van der Waals surface area contributed by atoms with E-state index in [0.29, 0.717) is 13.0 Å². The number of carbonyl (C=O) groups is 2. The molecule has 23 heavy (non-hydrogen) atoms. The van der Waals surface area contributed by atoms with Crippen LogP contribution >= 0.6 is 0 Å². The fourth-order valence-corrected chi connectivity index (χ4v) is 2.50. The number of amides is 1. The first-order valence-corrected chi connectivity index (χ1v) is 8.67. The van der Waals surface area contributed by atoms with Gasteiger partial charge in [-0.05, 0) is 47.1 Å². The second-order valence-electron chi connectivity index (χ2n) is 6.92. The Morgan fingerprint density at radius 1 is 1.00 bits per heavy atom. The molecule has 0 saturated carbocycles. The Balaban J connectivity index is 2.10. The number of nitrogens with zero attached hydrogens (tertiary/aromatic N) is 2. The van der Waals surface area contributed by atoms with Gasteiger partial charge in [-0.25, -0.2) is 4.79 Å². The Bertz CT molecular complexity index is 371. The van der Waals surface area contributed by atoms with Gasteiger partial charge in [-0.3, -0.25) is 9.69 Å². The van der Waals surface area contributed by atoms with Crippen molar-refractivity contribution in [3.05, 3.63) is 0 Å². The van der Waals surface area contributed by atoms with Crippen molar-refractivity contribution in [2.45, 2.75) is 59.0 Å². The number of hydrogen-bond acceptors (Lipinski definition) is 5. The third kappa shape index (κ3) is 8.79. The van der Waals surface area contributed by atoms with Gasteiger partial charge in [0.15, 0.2) is 0 Å². The maximum absolute atomic E-state index is 12.0. The molecule has 1 aliphatic heterocycles. The van der Waals surface area contributed by atoms with Crippen LogP contribution in [0, 0.1) is 0 Å². The molecule has 6 heteroatoms. The number of unbranched alkanes of at least 4 members (excludes halogenated alkanes) is 2. The van der Waals surface area contributed by atoms with Gasteiger partial charge >= 0.3 is 12.1 Å². The molecule has 1 amide bonds. The number of piperazine rings is 1. The quantitative estimate of drug-likeness (QED) is 0.531. The van der Waals surface area contributed by atoms with Crippen LogP contribution in [0.4, 0.5) is 4.79 Å². The topological polar surface area (TPSA) is 59.1 Å². The lowest BCUT2D eigenvalue weighted by Gasteiger charge is -2.35. The minimum absolute atomic E-state index is 0.0986. The fraction of sp³-hybridized carbons (Fsp3) is 0.882. The normalized spacial score (nSPS) is 16.3. The van der Waals surface area contributed by atoms with E-state index in [1.54, 1.807) is 4.90 Å². The lowest BCUT2D eigenvalue weighted by Crippen LogP contribution is -2.50. The number of esters is 1. The highest BCUT2D eigenvalue weighted by Gasteiger charge is 2.25. The zero-order valence-electron chi connectivity index (χ0n) is 15.1. The SMILES string of the molecule is CCOC(=O)CCCCCN1CCN(C(=O)OC(C)(C)C)CC1. The molecule has 0 bridgehead atoms. The molecule has 1 fully saturated rings. The Morgan fingerprint density at radius 2 is 1.65 bits per heavy atom. The molecule has 0 aliphatic carbocycles. The summed E-state index contributed by atoms with van der Waals surface area (Å²) in [6.07, 6.45) is 3.29. The van der Waals surface area contributed by atoms with Gasteiger partial charge in [0.1, 0.15) is 5.60 Å². The van der Waals surface area contributed by atoms with Crippen molar-refractivity contribution in [1.29, 1.82) is 0 Å². The van der Waals surface area contributed by atoms with Crippen molar-refractivity contribution in [2.75, 3.05) is 39.3 Å². The number of carbonyl (C=O) groups excluding carboxylic acids is 2. The Hall–Kier alpha value is -1.30. The standard InChI is InChI=1S/C17H32N2O4/c1-5-22-15(20)9-7-6-8-10-18-11-13-19(14-12-18)16(21)23-17(2,3)4/h5-14H2,1-4H3. The van der Waals surface area contributed by atoms with Gasteiger partial charge in [0.2, 0.25) is 0 Å². The van der Waals surface area contributed by atoms with E-state index >= 15 is 0 Å². The van der Waals surface area contributed by atoms with E-state index in [2.05, 4.69) is 4.90 Å². The van der Waals surface area contributed by atoms with Crippen molar-refractivity contribution >= 4 is 12.1 Å². The maximum Gasteiger partial charge on any atom is 0.410 e. The van der Waals surface area contributed by atoms with E-state index < -0.39 is 5.60 Å². The van der Waals surface area contributed by atoms with Crippen molar-refractivity contribution in [3.8, 4) is 0 Å². The lowest BCUT2D eigenvalue weighted by atomic mass is 10.2. The summed E-state index contributed by atoms with van der Waals surface area (Å²) >= 11 is 0. The second kappa shape index (κ2) is 9.75. The molecule has 134 valence electrons. The average Bonchev–Trinajstić information content (AvgIpc) is 2.46. The van der Waals surface area contributed by atoms with Crippen molar-refractivity contribution < 1.29 is 19.1 Å². The van der Waals surface area contributed by atoms with Gasteiger partial charge in [0.05, 0.1) is 6.61 Å². The maximum atomic E-state index is 12.0. The zero-order valence-corrected chi connectivity index (χ0v) is 15.1. The summed E-state index contributed by atoms with van der Waals surface area (Å²) in [6.45, 7) is 12.2. The minimum atomic E-state index is -0.437. The number of rotatable bonds is 7. The first kappa shape index (κ1) is 19.7. The van der Waals surface area contributed by atoms with Gasteiger partial charge < -0.3 is 14.4 Å². The summed E-state index contributed by atoms with van der Waals surface area (Å²) in [4.78, 5) is 27.3. The van der Waals surface area contributed by atoms with E-state index in [1.165, 1.54) is 0 Å². The molecule has 6 nitrogen and oxygen atoms in total. The number of hydrogen-bond donors (Lipinski definition) is 0. The van der Waals surface area contributed by atoms with Crippen LogP contribution in [0.15, 0.2) is 0 Å². The summed E-state index contributed by atoms with van der Waals surface area (Å²) in [5.41, 5.74) is -0.437. The van der Waals surface area contributed by atoms with Gasteiger partial charge in [-0.1, -0.05) is 6.42 Å². The summed E-state index contributed by atoms with van der Waals surface area (Å²) in [5, 5.41) is 0. The summed E-state index contributed by atoms with van der Waals surface area (Å²) in [6, 6.07) is 0. The van der Waals surface area contributed by atoms with Gasteiger partial charge in [0.25, 0.3) is 0 Å². The third-order valence-electron chi connectivity index (χ3n) is 3.68. The van der Waals surface area contributed by atoms with Gasteiger partial charge in [-0.2, -0.15) is 0 Å².